The number of imidazole rings is 1. The van der Waals surface area contributed by atoms with Crippen LogP contribution < -0.4 is 5.73 Å². The van der Waals surface area contributed by atoms with Crippen LogP contribution in [0.15, 0.2) is 36.4 Å². The van der Waals surface area contributed by atoms with Gasteiger partial charge in [0.2, 0.25) is 0 Å². The predicted molar refractivity (Wildman–Crippen MR) is 101 cm³/mol. The smallest absolute Gasteiger partial charge is 0.251 e. The first-order valence-electron chi connectivity index (χ1n) is 8.98. The van der Waals surface area contributed by atoms with Gasteiger partial charge in [-0.2, -0.15) is 0 Å². The van der Waals surface area contributed by atoms with Crippen molar-refractivity contribution in [2.24, 2.45) is 5.73 Å². The number of hydrogen-bond donors (Lipinski definition) is 3. The highest BCUT2D eigenvalue weighted by Crippen LogP contribution is 2.25. The highest BCUT2D eigenvalue weighted by molar-refractivity contribution is 6.04. The van der Waals surface area contributed by atoms with Crippen LogP contribution in [0.5, 0.6) is 0 Å². The lowest BCUT2D eigenvalue weighted by molar-refractivity contribution is 0.100. The summed E-state index contributed by atoms with van der Waals surface area (Å²) in [7, 11) is 0. The predicted octanol–water partition coefficient (Wildman–Crippen LogP) is 2.42. The summed E-state index contributed by atoms with van der Waals surface area (Å²) in [5, 5.41) is 9.44. The molecule has 140 valence electrons. The SMILES string of the molecule is NC(=O)c1cc(F)cc2[nH]c(-c3ccc(CN4CCC[C@H]4CO)cc3)nc12. The van der Waals surface area contributed by atoms with Crippen molar-refractivity contribution in [1.29, 1.82) is 0 Å². The number of aliphatic hydroxyl groups excluding tert-OH is 1. The number of nitrogens with zero attached hydrogens (tertiary/aromatic N) is 2. The lowest BCUT2D eigenvalue weighted by Gasteiger charge is -2.22. The van der Waals surface area contributed by atoms with E-state index in [4.69, 9.17) is 5.73 Å². The minimum atomic E-state index is -0.711. The average molecular weight is 368 g/mol. The van der Waals surface area contributed by atoms with E-state index >= 15 is 0 Å². The molecule has 2 heterocycles. The highest BCUT2D eigenvalue weighted by Gasteiger charge is 2.23. The van der Waals surface area contributed by atoms with E-state index in [1.807, 2.05) is 24.3 Å². The Balaban J connectivity index is 1.60. The molecule has 1 amide bonds. The molecule has 0 saturated carbocycles. The number of amides is 1. The van der Waals surface area contributed by atoms with Gasteiger partial charge in [-0.25, -0.2) is 9.37 Å². The number of likely N-dealkylation sites (tertiary alicyclic amines) is 1. The summed E-state index contributed by atoms with van der Waals surface area (Å²) >= 11 is 0. The van der Waals surface area contributed by atoms with Crippen LogP contribution in [0.25, 0.3) is 22.4 Å². The van der Waals surface area contributed by atoms with Crippen molar-refractivity contribution in [1.82, 2.24) is 14.9 Å². The molecule has 0 spiro atoms. The second kappa shape index (κ2) is 7.09. The molecular weight excluding hydrogens is 347 g/mol. The van der Waals surface area contributed by atoms with Gasteiger partial charge in [0, 0.05) is 18.2 Å². The van der Waals surface area contributed by atoms with Crippen LogP contribution in [0.3, 0.4) is 0 Å². The molecule has 4 rings (SSSR count). The number of halogens is 1. The van der Waals surface area contributed by atoms with Gasteiger partial charge in [0.1, 0.15) is 17.2 Å². The minimum absolute atomic E-state index is 0.0631. The Morgan fingerprint density at radius 2 is 2.11 bits per heavy atom. The fourth-order valence-electron chi connectivity index (χ4n) is 3.72. The van der Waals surface area contributed by atoms with Crippen LogP contribution in [0, 0.1) is 5.82 Å². The number of primary amides is 1. The molecule has 27 heavy (non-hydrogen) atoms. The number of nitrogens with one attached hydrogen (secondary N) is 1. The molecule has 1 saturated heterocycles. The number of carbonyl (C=O) groups excluding carboxylic acids is 1. The topological polar surface area (TPSA) is 95.2 Å². The summed E-state index contributed by atoms with van der Waals surface area (Å²) in [5.74, 6) is -0.693. The summed E-state index contributed by atoms with van der Waals surface area (Å²) in [6.07, 6.45) is 2.15. The zero-order valence-electron chi connectivity index (χ0n) is 14.8. The van der Waals surface area contributed by atoms with Gasteiger partial charge in [0.25, 0.3) is 5.91 Å². The number of aliphatic hydroxyl groups is 1. The van der Waals surface area contributed by atoms with Crippen molar-refractivity contribution in [3.8, 4) is 11.4 Å². The number of carbonyl (C=O) groups is 1. The lowest BCUT2D eigenvalue weighted by atomic mass is 10.1. The molecule has 1 aromatic heterocycles. The third kappa shape index (κ3) is 3.43. The van der Waals surface area contributed by atoms with Gasteiger partial charge in [-0.3, -0.25) is 9.69 Å². The summed E-state index contributed by atoms with van der Waals surface area (Å²) in [6, 6.07) is 10.6. The molecule has 2 aromatic carbocycles. The van der Waals surface area contributed by atoms with E-state index < -0.39 is 11.7 Å². The highest BCUT2D eigenvalue weighted by atomic mass is 19.1. The molecule has 0 radical (unpaired) electrons. The Hall–Kier alpha value is -2.77. The number of nitrogens with two attached hydrogens (primary N) is 1. The molecular formula is C20H21FN4O2. The number of fused-ring (bicyclic) bond motifs is 1. The van der Waals surface area contributed by atoms with Crippen molar-refractivity contribution in [2.75, 3.05) is 13.2 Å². The second-order valence-electron chi connectivity index (χ2n) is 6.95. The summed E-state index contributed by atoms with van der Waals surface area (Å²) in [6.45, 7) is 1.98. The van der Waals surface area contributed by atoms with E-state index in [0.717, 1.165) is 43.1 Å². The third-order valence-corrected chi connectivity index (χ3v) is 5.14. The van der Waals surface area contributed by atoms with Crippen LogP contribution >= 0.6 is 0 Å². The Morgan fingerprint density at radius 3 is 2.81 bits per heavy atom. The molecule has 0 bridgehead atoms. The molecule has 7 heteroatoms. The number of hydrogen-bond acceptors (Lipinski definition) is 4. The zero-order valence-corrected chi connectivity index (χ0v) is 14.8. The van der Waals surface area contributed by atoms with Crippen molar-refractivity contribution < 1.29 is 14.3 Å². The number of H-pyrrole nitrogens is 1. The van der Waals surface area contributed by atoms with Gasteiger partial charge >= 0.3 is 0 Å². The number of benzene rings is 2. The maximum absolute atomic E-state index is 13.7. The fourth-order valence-corrected chi connectivity index (χ4v) is 3.72. The molecule has 1 aliphatic heterocycles. The first-order valence-corrected chi connectivity index (χ1v) is 8.98. The Kier molecular flexibility index (Phi) is 4.63. The summed E-state index contributed by atoms with van der Waals surface area (Å²) in [5.41, 5.74) is 8.19. The maximum atomic E-state index is 13.7. The van der Waals surface area contributed by atoms with Crippen LogP contribution in [0.1, 0.15) is 28.8 Å². The lowest BCUT2D eigenvalue weighted by Crippen LogP contribution is -2.31. The van der Waals surface area contributed by atoms with Crippen LogP contribution in [-0.2, 0) is 6.54 Å². The standard InChI is InChI=1S/C20H21FN4O2/c21-14-8-16(19(22)27)18-17(9-14)23-20(24-18)13-5-3-12(4-6-13)10-25-7-1-2-15(25)11-26/h3-6,8-9,15,26H,1-2,7,10-11H2,(H2,22,27)(H,23,24)/t15-/m0/s1. The largest absolute Gasteiger partial charge is 0.395 e. The number of aromatic nitrogens is 2. The summed E-state index contributed by atoms with van der Waals surface area (Å²) in [4.78, 5) is 21.3. The van der Waals surface area contributed by atoms with Gasteiger partial charge in [0.05, 0.1) is 17.7 Å². The second-order valence-corrected chi connectivity index (χ2v) is 6.95. The Bertz CT molecular complexity index is 984. The van der Waals surface area contributed by atoms with Gasteiger partial charge in [-0.15, -0.1) is 0 Å². The molecule has 1 fully saturated rings. The number of rotatable bonds is 5. The molecule has 0 unspecified atom stereocenters. The van der Waals surface area contributed by atoms with Gasteiger partial charge in [-0.05, 0) is 37.1 Å². The van der Waals surface area contributed by atoms with E-state index in [1.165, 1.54) is 6.07 Å². The van der Waals surface area contributed by atoms with Crippen LogP contribution in [0.2, 0.25) is 0 Å². The number of aromatic amines is 1. The van der Waals surface area contributed by atoms with Gasteiger partial charge in [0.15, 0.2) is 0 Å². The molecule has 6 nitrogen and oxygen atoms in total. The Morgan fingerprint density at radius 1 is 1.33 bits per heavy atom. The molecule has 3 aromatic rings. The van der Waals surface area contributed by atoms with E-state index in [1.54, 1.807) is 0 Å². The van der Waals surface area contributed by atoms with Crippen molar-refractivity contribution in [3.05, 3.63) is 53.3 Å². The third-order valence-electron chi connectivity index (χ3n) is 5.14. The molecule has 4 N–H and O–H groups in total. The van der Waals surface area contributed by atoms with Crippen molar-refractivity contribution in [2.45, 2.75) is 25.4 Å². The van der Waals surface area contributed by atoms with E-state index in [2.05, 4.69) is 14.9 Å². The maximum Gasteiger partial charge on any atom is 0.251 e. The normalized spacial score (nSPS) is 17.6. The zero-order chi connectivity index (χ0) is 19.0. The molecule has 1 atom stereocenters. The summed E-state index contributed by atoms with van der Waals surface area (Å²) < 4.78 is 13.7. The molecule has 0 aliphatic carbocycles. The average Bonchev–Trinajstić information content (AvgIpc) is 3.27. The molecule has 1 aliphatic rings. The first kappa shape index (κ1) is 17.6. The monoisotopic (exact) mass is 368 g/mol. The quantitative estimate of drug-likeness (QED) is 0.644. The van der Waals surface area contributed by atoms with E-state index in [-0.39, 0.29) is 18.2 Å². The minimum Gasteiger partial charge on any atom is -0.395 e. The van der Waals surface area contributed by atoms with E-state index in [9.17, 15) is 14.3 Å². The Labute approximate surface area is 155 Å². The van der Waals surface area contributed by atoms with Crippen molar-refractivity contribution in [3.63, 3.8) is 0 Å². The van der Waals surface area contributed by atoms with Crippen molar-refractivity contribution >= 4 is 16.9 Å². The van der Waals surface area contributed by atoms with Crippen LogP contribution in [0.4, 0.5) is 4.39 Å². The first-order chi connectivity index (χ1) is 13.0. The van der Waals surface area contributed by atoms with Gasteiger partial charge in [-0.1, -0.05) is 24.3 Å². The van der Waals surface area contributed by atoms with E-state index in [0.29, 0.717) is 16.9 Å². The van der Waals surface area contributed by atoms with Crippen LogP contribution in [-0.4, -0.2) is 45.1 Å². The fraction of sp³-hybridized carbons (Fsp3) is 0.300. The van der Waals surface area contributed by atoms with Gasteiger partial charge < -0.3 is 15.8 Å².